The van der Waals surface area contributed by atoms with E-state index >= 15 is 0 Å². The maximum Gasteiger partial charge on any atom is 0.312 e. The second-order valence-corrected chi connectivity index (χ2v) is 11.0. The first kappa shape index (κ1) is 33.1. The molecule has 2 saturated heterocycles. The van der Waals surface area contributed by atoms with Gasteiger partial charge in [0, 0.05) is 92.5 Å². The molecule has 16 nitrogen and oxygen atoms in total. The lowest BCUT2D eigenvalue weighted by molar-refractivity contribution is -0.384. The number of nitrogens with one attached hydrogen (secondary N) is 2. The largest absolute Gasteiger partial charge is 0.379 e. The summed E-state index contributed by atoms with van der Waals surface area (Å²) in [4.78, 5) is 34.3. The summed E-state index contributed by atoms with van der Waals surface area (Å²) in [7, 11) is 0. The predicted molar refractivity (Wildman–Crippen MR) is 166 cm³/mol. The van der Waals surface area contributed by atoms with Crippen molar-refractivity contribution in [2.75, 3.05) is 89.4 Å². The summed E-state index contributed by atoms with van der Waals surface area (Å²) >= 11 is 3.18. The molecule has 0 aliphatic carbocycles. The van der Waals surface area contributed by atoms with Crippen LogP contribution in [0.2, 0.25) is 0 Å². The molecule has 3 aromatic rings. The van der Waals surface area contributed by atoms with Crippen molar-refractivity contribution < 1.29 is 23.8 Å². The Labute approximate surface area is 262 Å². The second kappa shape index (κ2) is 16.3. The van der Waals surface area contributed by atoms with E-state index in [-0.39, 0.29) is 17.2 Å². The Morgan fingerprint density at radius 1 is 0.841 bits per heavy atom. The highest BCUT2D eigenvalue weighted by atomic mass is 79.9. The molecule has 17 heteroatoms. The summed E-state index contributed by atoms with van der Waals surface area (Å²) in [5, 5.41) is 32.3. The molecule has 0 unspecified atom stereocenters. The van der Waals surface area contributed by atoms with Crippen LogP contribution < -0.4 is 10.6 Å². The molecule has 0 aromatic carbocycles. The molecule has 5 rings (SSSR count). The molecule has 2 aliphatic rings. The average Bonchev–Trinajstić information content (AvgIpc) is 3.36. The van der Waals surface area contributed by atoms with Crippen LogP contribution in [0.1, 0.15) is 11.5 Å². The van der Waals surface area contributed by atoms with E-state index in [9.17, 15) is 20.2 Å². The number of aryl methyl sites for hydroxylation is 2. The maximum absolute atomic E-state index is 11.4. The molecule has 2 N–H and O–H groups in total. The van der Waals surface area contributed by atoms with Gasteiger partial charge in [-0.2, -0.15) is 0 Å². The number of nitrogens with zero attached hydrogens (tertiary/aromatic N) is 7. The van der Waals surface area contributed by atoms with Crippen LogP contribution in [0.3, 0.4) is 0 Å². The molecule has 3 aromatic heterocycles. The molecule has 0 atom stereocenters. The van der Waals surface area contributed by atoms with Gasteiger partial charge in [-0.1, -0.05) is 5.16 Å². The number of pyridine rings is 2. The average molecular weight is 679 g/mol. The number of morpholine rings is 2. The fraction of sp³-hybridized carbons (Fsp3) is 0.519. The van der Waals surface area contributed by atoms with Gasteiger partial charge in [-0.15, -0.1) is 0 Å². The Morgan fingerprint density at radius 3 is 1.82 bits per heavy atom. The smallest absolute Gasteiger partial charge is 0.312 e. The number of ether oxygens (including phenoxy) is 2. The number of rotatable bonds is 11. The van der Waals surface area contributed by atoms with E-state index in [1.54, 1.807) is 26.2 Å². The Hall–Kier alpha value is -3.77. The van der Waals surface area contributed by atoms with Gasteiger partial charge in [0.15, 0.2) is 0 Å². The number of hydrogen-bond acceptors (Lipinski definition) is 14. The number of halogens is 1. The lowest BCUT2D eigenvalue weighted by Crippen LogP contribution is -2.39. The van der Waals surface area contributed by atoms with Crippen molar-refractivity contribution in [3.05, 3.63) is 60.7 Å². The first-order valence-corrected chi connectivity index (χ1v) is 15.0. The van der Waals surface area contributed by atoms with Crippen molar-refractivity contribution >= 4 is 38.9 Å². The molecule has 44 heavy (non-hydrogen) atoms. The summed E-state index contributed by atoms with van der Waals surface area (Å²) < 4.78 is 16.3. The van der Waals surface area contributed by atoms with E-state index in [0.717, 1.165) is 71.3 Å². The third-order valence-corrected chi connectivity index (χ3v) is 7.50. The van der Waals surface area contributed by atoms with Gasteiger partial charge in [-0.3, -0.25) is 30.0 Å². The first-order valence-electron chi connectivity index (χ1n) is 14.2. The topological polar surface area (TPSA) is 187 Å². The van der Waals surface area contributed by atoms with E-state index in [1.165, 1.54) is 12.1 Å². The van der Waals surface area contributed by atoms with Crippen LogP contribution >= 0.6 is 15.9 Å². The fourth-order valence-electron chi connectivity index (χ4n) is 4.78. The Morgan fingerprint density at radius 2 is 1.34 bits per heavy atom. The summed E-state index contributed by atoms with van der Waals surface area (Å²) in [5.41, 5.74) is 1.98. The minimum Gasteiger partial charge on any atom is -0.379 e. The van der Waals surface area contributed by atoms with Crippen molar-refractivity contribution in [2.45, 2.75) is 13.8 Å². The van der Waals surface area contributed by atoms with E-state index in [2.05, 4.69) is 51.5 Å². The third-order valence-electron chi connectivity index (χ3n) is 7.07. The number of nitro groups is 2. The monoisotopic (exact) mass is 677 g/mol. The van der Waals surface area contributed by atoms with Gasteiger partial charge >= 0.3 is 11.4 Å². The molecule has 0 amide bonds. The van der Waals surface area contributed by atoms with Crippen molar-refractivity contribution in [1.82, 2.24) is 24.9 Å². The normalized spacial score (nSPS) is 15.7. The molecule has 0 saturated carbocycles. The third kappa shape index (κ3) is 9.36. The zero-order chi connectivity index (χ0) is 31.5. The van der Waals surface area contributed by atoms with Crippen LogP contribution in [0.15, 0.2) is 33.5 Å². The van der Waals surface area contributed by atoms with Gasteiger partial charge in [0.2, 0.25) is 11.6 Å². The standard InChI is InChI=1S/C16H21N5O4.C11H15BrN4O3/c1-11-15(12(2)25-19-11)13-9-14(21(22)23)16(18-10-13)17-3-4-20-5-7-24-8-6-20;12-9-7-10(16(17)18)11(14-8-9)13-1-2-15-3-5-19-6-4-15/h9-10H,3-8H2,1-2H3,(H,17,18);7-8H,1-6H2,(H,13,14). The van der Waals surface area contributed by atoms with E-state index < -0.39 is 9.85 Å². The number of anilines is 2. The maximum atomic E-state index is 11.4. The van der Waals surface area contributed by atoms with Crippen LogP contribution in [0, 0.1) is 34.1 Å². The van der Waals surface area contributed by atoms with E-state index in [1.807, 2.05) is 0 Å². The highest BCUT2D eigenvalue weighted by Gasteiger charge is 2.21. The van der Waals surface area contributed by atoms with Crippen LogP contribution in [0.4, 0.5) is 23.0 Å². The Bertz CT molecular complexity index is 1390. The lowest BCUT2D eigenvalue weighted by atomic mass is 10.1. The van der Waals surface area contributed by atoms with Crippen LogP contribution in [0.5, 0.6) is 0 Å². The zero-order valence-corrected chi connectivity index (χ0v) is 26.2. The van der Waals surface area contributed by atoms with Crippen LogP contribution in [-0.4, -0.2) is 114 Å². The van der Waals surface area contributed by atoms with Gasteiger partial charge in [0.25, 0.3) is 0 Å². The lowest BCUT2D eigenvalue weighted by Gasteiger charge is -2.26. The van der Waals surface area contributed by atoms with Crippen molar-refractivity contribution in [3.8, 4) is 11.1 Å². The molecule has 0 radical (unpaired) electrons. The minimum atomic E-state index is -0.436. The summed E-state index contributed by atoms with van der Waals surface area (Å²) in [6.07, 6.45) is 3.15. The number of hydrogen-bond donors (Lipinski definition) is 2. The molecule has 0 spiro atoms. The molecule has 0 bridgehead atoms. The van der Waals surface area contributed by atoms with Gasteiger partial charge in [-0.05, 0) is 29.8 Å². The second-order valence-electron chi connectivity index (χ2n) is 10.1. The fourth-order valence-corrected chi connectivity index (χ4v) is 5.10. The van der Waals surface area contributed by atoms with Gasteiger partial charge < -0.3 is 24.6 Å². The summed E-state index contributed by atoms with van der Waals surface area (Å²) in [6.45, 7) is 12.9. The predicted octanol–water partition coefficient (Wildman–Crippen LogP) is 3.50. The van der Waals surface area contributed by atoms with Gasteiger partial charge in [0.1, 0.15) is 5.76 Å². The molecule has 238 valence electrons. The quantitative estimate of drug-likeness (QED) is 0.222. The molecular weight excluding hydrogens is 642 g/mol. The highest BCUT2D eigenvalue weighted by Crippen LogP contribution is 2.32. The Balaban J connectivity index is 0.000000209. The van der Waals surface area contributed by atoms with Gasteiger partial charge in [0.05, 0.1) is 42.0 Å². The molecular formula is C27H36BrN9O7. The van der Waals surface area contributed by atoms with Crippen LogP contribution in [0.25, 0.3) is 11.1 Å². The Kier molecular flexibility index (Phi) is 12.3. The van der Waals surface area contributed by atoms with Crippen LogP contribution in [-0.2, 0) is 9.47 Å². The van der Waals surface area contributed by atoms with Gasteiger partial charge in [-0.25, -0.2) is 9.97 Å². The SMILES string of the molecule is Cc1noc(C)c1-c1cnc(NCCN2CCOCC2)c([N+](=O)[O-])c1.O=[N+]([O-])c1cc(Br)cnc1NCCN1CCOCC1. The van der Waals surface area contributed by atoms with Crippen molar-refractivity contribution in [2.24, 2.45) is 0 Å². The highest BCUT2D eigenvalue weighted by molar-refractivity contribution is 9.10. The zero-order valence-electron chi connectivity index (χ0n) is 24.7. The summed E-state index contributed by atoms with van der Waals surface area (Å²) in [6, 6.07) is 2.96. The molecule has 2 aliphatic heterocycles. The summed E-state index contributed by atoms with van der Waals surface area (Å²) in [5.74, 6) is 1.19. The first-order chi connectivity index (χ1) is 21.2. The molecule has 5 heterocycles. The number of aromatic nitrogens is 3. The van der Waals surface area contributed by atoms with E-state index in [0.29, 0.717) is 40.4 Å². The van der Waals surface area contributed by atoms with Crippen molar-refractivity contribution in [1.29, 1.82) is 0 Å². The van der Waals surface area contributed by atoms with Crippen molar-refractivity contribution in [3.63, 3.8) is 0 Å². The minimum absolute atomic E-state index is 0.0173. The molecule has 2 fully saturated rings. The van der Waals surface area contributed by atoms with E-state index in [4.69, 9.17) is 14.0 Å².